The first-order valence-electron chi connectivity index (χ1n) is 9.35. The Bertz CT molecular complexity index is 1040. The van der Waals surface area contributed by atoms with E-state index in [1.807, 2.05) is 17.5 Å². The number of nitrogens with zero attached hydrogens (tertiary/aromatic N) is 1. The predicted octanol–water partition coefficient (Wildman–Crippen LogP) is 3.11. The lowest BCUT2D eigenvalue weighted by molar-refractivity contribution is -0.123. The van der Waals surface area contributed by atoms with E-state index in [4.69, 9.17) is 14.0 Å². The van der Waals surface area contributed by atoms with Gasteiger partial charge in [0.15, 0.2) is 6.61 Å². The number of esters is 1. The van der Waals surface area contributed by atoms with Gasteiger partial charge in [0.1, 0.15) is 23.7 Å². The number of rotatable bonds is 8. The summed E-state index contributed by atoms with van der Waals surface area (Å²) in [5, 5.41) is 10.4. The fraction of sp³-hybridized carbons (Fsp3) is 0.238. The molecule has 0 fully saturated rings. The van der Waals surface area contributed by atoms with Crippen LogP contribution < -0.4 is 15.4 Å². The van der Waals surface area contributed by atoms with Gasteiger partial charge in [-0.2, -0.15) is 0 Å². The minimum absolute atomic E-state index is 0.157. The maximum absolute atomic E-state index is 12.4. The molecule has 0 bridgehead atoms. The number of nitrogens with one attached hydrogen (secondary N) is 2. The van der Waals surface area contributed by atoms with Crippen molar-refractivity contribution in [1.29, 1.82) is 0 Å². The van der Waals surface area contributed by atoms with Gasteiger partial charge in [0.2, 0.25) is 0 Å². The first kappa shape index (κ1) is 22.0. The zero-order chi connectivity index (χ0) is 22.2. The van der Waals surface area contributed by atoms with E-state index in [0.717, 1.165) is 10.4 Å². The maximum atomic E-state index is 12.4. The van der Waals surface area contributed by atoms with Crippen molar-refractivity contribution in [2.45, 2.75) is 27.0 Å². The molecule has 0 aliphatic heterocycles. The summed E-state index contributed by atoms with van der Waals surface area (Å²) in [7, 11) is 0. The largest absolute Gasteiger partial charge is 0.488 e. The molecule has 0 saturated heterocycles. The van der Waals surface area contributed by atoms with E-state index in [2.05, 4.69) is 15.8 Å². The quantitative estimate of drug-likeness (QED) is 0.513. The van der Waals surface area contributed by atoms with Crippen molar-refractivity contribution in [3.63, 3.8) is 0 Å². The lowest BCUT2D eigenvalue weighted by Crippen LogP contribution is -2.41. The van der Waals surface area contributed by atoms with Crippen molar-refractivity contribution < 1.29 is 28.4 Å². The first-order valence-corrected chi connectivity index (χ1v) is 10.2. The molecule has 0 saturated carbocycles. The molecule has 3 aromatic rings. The van der Waals surface area contributed by atoms with E-state index in [-0.39, 0.29) is 12.2 Å². The molecule has 31 heavy (non-hydrogen) atoms. The average molecular weight is 443 g/mol. The van der Waals surface area contributed by atoms with Gasteiger partial charge in [-0.1, -0.05) is 23.4 Å². The van der Waals surface area contributed by atoms with E-state index in [1.54, 1.807) is 32.0 Å². The molecule has 0 radical (unpaired) electrons. The highest BCUT2D eigenvalue weighted by Gasteiger charge is 2.17. The number of carbonyl (C=O) groups excluding carboxylic acids is 3. The standard InChI is InChI=1S/C21H21N3O6S/c1-13-17(14(2)30-24-13)11-28-18-8-4-3-7-16(18)20(26)29-12-19(25)23-21(27)22-10-15-6-5-9-31-15/h3-9H,10-12H2,1-2H3,(H2,22,23,25,27). The van der Waals surface area contributed by atoms with Crippen LogP contribution in [0.25, 0.3) is 0 Å². The highest BCUT2D eigenvalue weighted by molar-refractivity contribution is 7.09. The van der Waals surface area contributed by atoms with E-state index < -0.39 is 24.5 Å². The number of hydrogen-bond acceptors (Lipinski definition) is 8. The van der Waals surface area contributed by atoms with Gasteiger partial charge >= 0.3 is 12.0 Å². The molecule has 2 aromatic heterocycles. The molecule has 3 amide bonds. The Labute approximate surface area is 182 Å². The van der Waals surface area contributed by atoms with E-state index >= 15 is 0 Å². The molecule has 2 N–H and O–H groups in total. The van der Waals surface area contributed by atoms with Crippen LogP contribution in [0.5, 0.6) is 5.75 Å². The monoisotopic (exact) mass is 443 g/mol. The molecule has 0 atom stereocenters. The van der Waals surface area contributed by atoms with Crippen LogP contribution in [0.15, 0.2) is 46.3 Å². The summed E-state index contributed by atoms with van der Waals surface area (Å²) >= 11 is 1.48. The van der Waals surface area contributed by atoms with Gasteiger partial charge in [0.25, 0.3) is 5.91 Å². The summed E-state index contributed by atoms with van der Waals surface area (Å²) in [5.74, 6) is -0.567. The van der Waals surface area contributed by atoms with E-state index in [9.17, 15) is 14.4 Å². The summed E-state index contributed by atoms with van der Waals surface area (Å²) in [6.45, 7) is 3.42. The van der Waals surface area contributed by atoms with Gasteiger partial charge in [0, 0.05) is 4.88 Å². The van der Waals surface area contributed by atoms with Gasteiger partial charge in [-0.05, 0) is 37.4 Å². The smallest absolute Gasteiger partial charge is 0.342 e. The zero-order valence-corrected chi connectivity index (χ0v) is 17.8. The van der Waals surface area contributed by atoms with Crippen LogP contribution in [0, 0.1) is 13.8 Å². The first-order chi connectivity index (χ1) is 14.9. The maximum Gasteiger partial charge on any atom is 0.342 e. The number of carbonyl (C=O) groups is 3. The third-order valence-electron chi connectivity index (χ3n) is 4.25. The fourth-order valence-corrected chi connectivity index (χ4v) is 3.26. The van der Waals surface area contributed by atoms with Crippen LogP contribution in [0.4, 0.5) is 4.79 Å². The summed E-state index contributed by atoms with van der Waals surface area (Å²) in [6, 6.07) is 9.56. The Hall–Kier alpha value is -3.66. The van der Waals surface area contributed by atoms with Crippen molar-refractivity contribution in [3.8, 4) is 5.75 Å². The van der Waals surface area contributed by atoms with Crippen molar-refractivity contribution in [2.75, 3.05) is 6.61 Å². The SMILES string of the molecule is Cc1noc(C)c1COc1ccccc1C(=O)OCC(=O)NC(=O)NCc1cccs1. The number of aryl methyl sites for hydroxylation is 2. The number of urea groups is 1. The van der Waals surface area contributed by atoms with Gasteiger partial charge < -0.3 is 19.3 Å². The number of ether oxygens (including phenoxy) is 2. The summed E-state index contributed by atoms with van der Waals surface area (Å²) < 4.78 is 15.9. The molecule has 0 aliphatic rings. The molecule has 0 unspecified atom stereocenters. The van der Waals surface area contributed by atoms with E-state index in [1.165, 1.54) is 17.4 Å². The third-order valence-corrected chi connectivity index (χ3v) is 5.13. The Morgan fingerprint density at radius 1 is 1.13 bits per heavy atom. The summed E-state index contributed by atoms with van der Waals surface area (Å²) in [4.78, 5) is 37.0. The van der Waals surface area contributed by atoms with Crippen LogP contribution in [-0.4, -0.2) is 29.7 Å². The highest BCUT2D eigenvalue weighted by Crippen LogP contribution is 2.22. The van der Waals surface area contributed by atoms with Gasteiger partial charge in [-0.25, -0.2) is 9.59 Å². The predicted molar refractivity (Wildman–Crippen MR) is 112 cm³/mol. The second-order valence-corrected chi connectivity index (χ2v) is 7.51. The molecule has 0 aliphatic carbocycles. The van der Waals surface area contributed by atoms with Crippen LogP contribution in [0.3, 0.4) is 0 Å². The molecule has 9 nitrogen and oxygen atoms in total. The molecule has 2 heterocycles. The third kappa shape index (κ3) is 6.16. The van der Waals surface area contributed by atoms with Crippen molar-refractivity contribution >= 4 is 29.2 Å². The molecule has 1 aromatic carbocycles. The Morgan fingerprint density at radius 3 is 2.65 bits per heavy atom. The van der Waals surface area contributed by atoms with Crippen LogP contribution >= 0.6 is 11.3 Å². The van der Waals surface area contributed by atoms with Gasteiger partial charge in [-0.3, -0.25) is 10.1 Å². The molecule has 10 heteroatoms. The van der Waals surface area contributed by atoms with Crippen LogP contribution in [-0.2, 0) is 22.7 Å². The minimum atomic E-state index is -0.747. The Kier molecular flexibility index (Phi) is 7.39. The number of thiophene rings is 1. The number of aromatic nitrogens is 1. The van der Waals surface area contributed by atoms with Crippen molar-refractivity contribution in [2.24, 2.45) is 0 Å². The molecular weight excluding hydrogens is 422 g/mol. The number of para-hydroxylation sites is 1. The van der Waals surface area contributed by atoms with Crippen molar-refractivity contribution in [1.82, 2.24) is 15.8 Å². The number of benzene rings is 1. The zero-order valence-electron chi connectivity index (χ0n) is 17.0. The lowest BCUT2D eigenvalue weighted by Gasteiger charge is -2.11. The number of imide groups is 1. The summed E-state index contributed by atoms with van der Waals surface area (Å²) in [5.41, 5.74) is 1.65. The molecular formula is C21H21N3O6S. The number of amides is 3. The topological polar surface area (TPSA) is 120 Å². The highest BCUT2D eigenvalue weighted by atomic mass is 32.1. The second-order valence-electron chi connectivity index (χ2n) is 6.47. The van der Waals surface area contributed by atoms with Gasteiger partial charge in [-0.15, -0.1) is 11.3 Å². The van der Waals surface area contributed by atoms with Crippen LogP contribution in [0.1, 0.15) is 32.3 Å². The lowest BCUT2D eigenvalue weighted by atomic mass is 10.2. The number of hydrogen-bond donors (Lipinski definition) is 2. The molecule has 3 rings (SSSR count). The minimum Gasteiger partial charge on any atom is -0.488 e. The Balaban J connectivity index is 1.49. The fourth-order valence-electron chi connectivity index (χ4n) is 2.62. The van der Waals surface area contributed by atoms with E-state index in [0.29, 0.717) is 23.7 Å². The normalized spacial score (nSPS) is 10.4. The van der Waals surface area contributed by atoms with Crippen LogP contribution in [0.2, 0.25) is 0 Å². The molecule has 0 spiro atoms. The Morgan fingerprint density at radius 2 is 1.94 bits per heavy atom. The summed E-state index contributed by atoms with van der Waals surface area (Å²) in [6.07, 6.45) is 0. The molecule has 162 valence electrons. The average Bonchev–Trinajstić information content (AvgIpc) is 3.39. The van der Waals surface area contributed by atoms with Crippen molar-refractivity contribution in [3.05, 3.63) is 69.2 Å². The second kappa shape index (κ2) is 10.4. The van der Waals surface area contributed by atoms with Gasteiger partial charge in [0.05, 0.1) is 17.8 Å².